The van der Waals surface area contributed by atoms with Gasteiger partial charge in [0.15, 0.2) is 0 Å². The van der Waals surface area contributed by atoms with Crippen LogP contribution in [0.15, 0.2) is 24.3 Å². The molecule has 2 rings (SSSR count). The highest BCUT2D eigenvalue weighted by Gasteiger charge is 2.13. The Kier molecular flexibility index (Phi) is 3.90. The average Bonchev–Trinajstić information content (AvgIpc) is 2.70. The largest absolute Gasteiger partial charge is 0.399 e. The summed E-state index contributed by atoms with van der Waals surface area (Å²) in [6.45, 7) is 1.83. The van der Waals surface area contributed by atoms with E-state index < -0.39 is 10.8 Å². The van der Waals surface area contributed by atoms with Crippen molar-refractivity contribution in [3.05, 3.63) is 30.0 Å². The zero-order chi connectivity index (χ0) is 14.0. The van der Waals surface area contributed by atoms with Gasteiger partial charge in [-0.25, -0.2) is 0 Å². The standard InChI is InChI=1S/C13H17N3O2S/c1-8(7-19(2)18)15-13(17)12-6-9-5-10(14)3-4-11(9)16-12/h3-6,8,16H,7,14H2,1-2H3,(H,15,17). The Morgan fingerprint density at radius 2 is 2.21 bits per heavy atom. The molecule has 19 heavy (non-hydrogen) atoms. The summed E-state index contributed by atoms with van der Waals surface area (Å²) in [6, 6.07) is 7.06. The molecule has 0 aliphatic heterocycles. The van der Waals surface area contributed by atoms with Crippen molar-refractivity contribution in [1.29, 1.82) is 0 Å². The van der Waals surface area contributed by atoms with E-state index in [0.717, 1.165) is 10.9 Å². The number of fused-ring (bicyclic) bond motifs is 1. The lowest BCUT2D eigenvalue weighted by Gasteiger charge is -2.11. The quantitative estimate of drug-likeness (QED) is 0.736. The molecule has 1 amide bonds. The van der Waals surface area contributed by atoms with E-state index in [4.69, 9.17) is 5.73 Å². The highest BCUT2D eigenvalue weighted by atomic mass is 32.2. The highest BCUT2D eigenvalue weighted by molar-refractivity contribution is 7.84. The van der Waals surface area contributed by atoms with Crippen LogP contribution in [0.5, 0.6) is 0 Å². The second-order valence-corrected chi connectivity index (χ2v) is 6.12. The number of rotatable bonds is 4. The van der Waals surface area contributed by atoms with Crippen LogP contribution < -0.4 is 11.1 Å². The number of carbonyl (C=O) groups is 1. The number of benzene rings is 1. The van der Waals surface area contributed by atoms with Gasteiger partial charge in [0.1, 0.15) is 5.69 Å². The predicted octanol–water partition coefficient (Wildman–Crippen LogP) is 1.25. The molecule has 1 heterocycles. The van der Waals surface area contributed by atoms with Gasteiger partial charge >= 0.3 is 0 Å². The van der Waals surface area contributed by atoms with E-state index in [2.05, 4.69) is 10.3 Å². The monoisotopic (exact) mass is 279 g/mol. The van der Waals surface area contributed by atoms with E-state index >= 15 is 0 Å². The Morgan fingerprint density at radius 1 is 1.47 bits per heavy atom. The molecule has 0 bridgehead atoms. The van der Waals surface area contributed by atoms with E-state index in [9.17, 15) is 9.00 Å². The molecule has 0 aliphatic rings. The van der Waals surface area contributed by atoms with Gasteiger partial charge < -0.3 is 16.0 Å². The Morgan fingerprint density at radius 3 is 2.89 bits per heavy atom. The van der Waals surface area contributed by atoms with Crippen LogP contribution in [-0.2, 0) is 10.8 Å². The number of nitrogens with one attached hydrogen (secondary N) is 2. The van der Waals surface area contributed by atoms with Gasteiger partial charge in [-0.3, -0.25) is 9.00 Å². The number of aromatic amines is 1. The van der Waals surface area contributed by atoms with Gasteiger partial charge in [-0.1, -0.05) is 0 Å². The lowest BCUT2D eigenvalue weighted by Crippen LogP contribution is -2.36. The van der Waals surface area contributed by atoms with E-state index in [1.54, 1.807) is 18.4 Å². The van der Waals surface area contributed by atoms with Crippen molar-refractivity contribution < 1.29 is 9.00 Å². The predicted molar refractivity (Wildman–Crippen MR) is 78.6 cm³/mol. The van der Waals surface area contributed by atoms with Crippen LogP contribution in [0.4, 0.5) is 5.69 Å². The van der Waals surface area contributed by atoms with Crippen LogP contribution in [0, 0.1) is 0 Å². The number of carbonyl (C=O) groups excluding carboxylic acids is 1. The fourth-order valence-electron chi connectivity index (χ4n) is 1.97. The Labute approximate surface area is 114 Å². The van der Waals surface area contributed by atoms with Crippen molar-refractivity contribution in [1.82, 2.24) is 10.3 Å². The van der Waals surface area contributed by atoms with Crippen LogP contribution in [0.25, 0.3) is 10.9 Å². The molecule has 5 nitrogen and oxygen atoms in total. The minimum atomic E-state index is -0.928. The SMILES string of the molecule is CC(CS(C)=O)NC(=O)c1cc2cc(N)ccc2[nH]1. The molecule has 0 aliphatic carbocycles. The molecule has 1 aromatic carbocycles. The van der Waals surface area contributed by atoms with Gasteiger partial charge in [0.05, 0.1) is 0 Å². The van der Waals surface area contributed by atoms with Crippen molar-refractivity contribution in [3.63, 3.8) is 0 Å². The van der Waals surface area contributed by atoms with Gasteiger partial charge in [-0.2, -0.15) is 0 Å². The second-order valence-electron chi connectivity index (χ2n) is 4.64. The topological polar surface area (TPSA) is 88.0 Å². The molecule has 1 aromatic heterocycles. The Bertz CT molecular complexity index is 636. The third-order valence-electron chi connectivity index (χ3n) is 2.75. The molecule has 2 atom stereocenters. The molecule has 6 heteroatoms. The minimum absolute atomic E-state index is 0.130. The summed E-state index contributed by atoms with van der Waals surface area (Å²) in [7, 11) is -0.928. The normalized spacial score (nSPS) is 14.2. The smallest absolute Gasteiger partial charge is 0.267 e. The lowest BCUT2D eigenvalue weighted by molar-refractivity contribution is 0.0939. The summed E-state index contributed by atoms with van der Waals surface area (Å²) < 4.78 is 11.1. The summed E-state index contributed by atoms with van der Waals surface area (Å²) in [5.41, 5.74) is 7.70. The molecule has 2 aromatic rings. The minimum Gasteiger partial charge on any atom is -0.399 e. The number of amides is 1. The molecule has 0 spiro atoms. The van der Waals surface area contributed by atoms with Crippen LogP contribution in [-0.4, -0.2) is 33.2 Å². The summed E-state index contributed by atoms with van der Waals surface area (Å²) >= 11 is 0. The van der Waals surface area contributed by atoms with E-state index in [-0.39, 0.29) is 11.9 Å². The molecule has 102 valence electrons. The first kappa shape index (κ1) is 13.6. The van der Waals surface area contributed by atoms with E-state index in [1.165, 1.54) is 0 Å². The average molecular weight is 279 g/mol. The first-order chi connectivity index (χ1) is 8.95. The summed E-state index contributed by atoms with van der Waals surface area (Å²) in [4.78, 5) is 15.1. The van der Waals surface area contributed by atoms with Gasteiger partial charge in [0.25, 0.3) is 5.91 Å². The van der Waals surface area contributed by atoms with Gasteiger partial charge in [-0.15, -0.1) is 0 Å². The third-order valence-corrected chi connectivity index (χ3v) is 3.72. The molecule has 2 unspecified atom stereocenters. The molecule has 0 saturated heterocycles. The van der Waals surface area contributed by atoms with Gasteiger partial charge in [0.2, 0.25) is 0 Å². The number of aromatic nitrogens is 1. The number of H-pyrrole nitrogens is 1. The van der Waals surface area contributed by atoms with E-state index in [1.807, 2.05) is 19.1 Å². The van der Waals surface area contributed by atoms with Crippen molar-refractivity contribution in [2.45, 2.75) is 13.0 Å². The number of anilines is 1. The first-order valence-electron chi connectivity index (χ1n) is 5.95. The van der Waals surface area contributed by atoms with Crippen molar-refractivity contribution in [3.8, 4) is 0 Å². The summed E-state index contributed by atoms with van der Waals surface area (Å²) in [5.74, 6) is 0.242. The maximum Gasteiger partial charge on any atom is 0.267 e. The summed E-state index contributed by atoms with van der Waals surface area (Å²) in [6.07, 6.45) is 1.62. The number of hydrogen-bond donors (Lipinski definition) is 3. The molecule has 0 fully saturated rings. The number of nitrogens with two attached hydrogens (primary N) is 1. The third kappa shape index (κ3) is 3.35. The number of nitrogen functional groups attached to an aromatic ring is 1. The van der Waals surface area contributed by atoms with Crippen LogP contribution in [0.3, 0.4) is 0 Å². The Hall–Kier alpha value is -1.82. The fourth-order valence-corrected chi connectivity index (χ4v) is 2.76. The lowest BCUT2D eigenvalue weighted by atomic mass is 10.2. The second kappa shape index (κ2) is 5.44. The zero-order valence-electron chi connectivity index (χ0n) is 10.9. The highest BCUT2D eigenvalue weighted by Crippen LogP contribution is 2.18. The van der Waals surface area contributed by atoms with Crippen molar-refractivity contribution in [2.24, 2.45) is 0 Å². The molecular formula is C13H17N3O2S. The molecule has 0 saturated carbocycles. The molecule has 4 N–H and O–H groups in total. The number of hydrogen-bond acceptors (Lipinski definition) is 3. The van der Waals surface area contributed by atoms with Crippen LogP contribution >= 0.6 is 0 Å². The van der Waals surface area contributed by atoms with Gasteiger partial charge in [0, 0.05) is 45.4 Å². The summed E-state index contributed by atoms with van der Waals surface area (Å²) in [5, 5.41) is 3.71. The Balaban J connectivity index is 2.15. The first-order valence-corrected chi connectivity index (χ1v) is 7.67. The molecule has 0 radical (unpaired) electrons. The van der Waals surface area contributed by atoms with Crippen LogP contribution in [0.1, 0.15) is 17.4 Å². The van der Waals surface area contributed by atoms with Crippen LogP contribution in [0.2, 0.25) is 0 Å². The fraction of sp³-hybridized carbons (Fsp3) is 0.308. The molecular weight excluding hydrogens is 262 g/mol. The maximum absolute atomic E-state index is 12.0. The van der Waals surface area contributed by atoms with E-state index in [0.29, 0.717) is 17.1 Å². The maximum atomic E-state index is 12.0. The van der Waals surface area contributed by atoms with Crippen molar-refractivity contribution in [2.75, 3.05) is 17.7 Å². The zero-order valence-corrected chi connectivity index (χ0v) is 11.7. The van der Waals surface area contributed by atoms with Crippen molar-refractivity contribution >= 4 is 33.3 Å². The van der Waals surface area contributed by atoms with Gasteiger partial charge in [-0.05, 0) is 31.2 Å².